The fraction of sp³-hybridized carbons (Fsp3) is 0.556. The second-order valence-electron chi connectivity index (χ2n) is 3.43. The van der Waals surface area contributed by atoms with Crippen molar-refractivity contribution >= 4 is 23.8 Å². The van der Waals surface area contributed by atoms with Crippen LogP contribution < -0.4 is 16.4 Å². The molecule has 0 heterocycles. The van der Waals surface area contributed by atoms with Crippen LogP contribution in [0.1, 0.15) is 12.8 Å². The van der Waals surface area contributed by atoms with E-state index in [9.17, 15) is 19.2 Å². The van der Waals surface area contributed by atoms with Crippen molar-refractivity contribution in [1.29, 1.82) is 0 Å². The number of carboxylic acid groups (broad SMARTS) is 2. The topological polar surface area (TPSA) is 159 Å². The van der Waals surface area contributed by atoms with Gasteiger partial charge in [0.05, 0.1) is 12.6 Å². The van der Waals surface area contributed by atoms with E-state index in [1.165, 1.54) is 0 Å². The summed E-state index contributed by atoms with van der Waals surface area (Å²) in [6.07, 6.45) is -0.294. The van der Waals surface area contributed by atoms with Gasteiger partial charge in [-0.25, -0.2) is 0 Å². The predicted octanol–water partition coefficient (Wildman–Crippen LogP) is -2.50. The molecule has 0 aromatic carbocycles. The van der Waals surface area contributed by atoms with Crippen LogP contribution in [0, 0.1) is 0 Å². The van der Waals surface area contributed by atoms with Gasteiger partial charge in [0.2, 0.25) is 11.8 Å². The Hall–Kier alpha value is -2.16. The zero-order chi connectivity index (χ0) is 14.1. The molecular formula is C9H15N3O6. The van der Waals surface area contributed by atoms with Gasteiger partial charge in [-0.15, -0.1) is 0 Å². The summed E-state index contributed by atoms with van der Waals surface area (Å²) in [5.41, 5.74) is 5.37. The second-order valence-corrected chi connectivity index (χ2v) is 3.43. The number of hydrogen-bond acceptors (Lipinski definition) is 5. The summed E-state index contributed by atoms with van der Waals surface area (Å²) < 4.78 is 0. The van der Waals surface area contributed by atoms with Gasteiger partial charge in [0.1, 0.15) is 6.54 Å². The minimum absolute atomic E-state index is 0.0437. The quantitative estimate of drug-likeness (QED) is 0.323. The van der Waals surface area contributed by atoms with Gasteiger partial charge in [-0.3, -0.25) is 19.2 Å². The number of hydrogen-bond donors (Lipinski definition) is 5. The van der Waals surface area contributed by atoms with Crippen molar-refractivity contribution in [2.24, 2.45) is 5.73 Å². The summed E-state index contributed by atoms with van der Waals surface area (Å²) in [4.78, 5) is 42.6. The lowest BCUT2D eigenvalue weighted by Crippen LogP contribution is -2.45. The Morgan fingerprint density at radius 3 is 2.11 bits per heavy atom. The van der Waals surface area contributed by atoms with Crippen LogP contribution in [0.3, 0.4) is 0 Å². The van der Waals surface area contributed by atoms with Gasteiger partial charge in [-0.05, 0) is 6.42 Å². The molecule has 0 aliphatic rings. The molecule has 2 amide bonds. The highest BCUT2D eigenvalue weighted by molar-refractivity contribution is 5.88. The average molecular weight is 261 g/mol. The van der Waals surface area contributed by atoms with Crippen molar-refractivity contribution in [1.82, 2.24) is 10.6 Å². The number of rotatable bonds is 8. The molecule has 0 rings (SSSR count). The van der Waals surface area contributed by atoms with E-state index in [-0.39, 0.29) is 12.8 Å². The summed E-state index contributed by atoms with van der Waals surface area (Å²) in [5, 5.41) is 20.9. The van der Waals surface area contributed by atoms with E-state index in [1.54, 1.807) is 0 Å². The molecule has 0 fully saturated rings. The first-order valence-electron chi connectivity index (χ1n) is 5.06. The lowest BCUT2D eigenvalue weighted by atomic mass is 10.1. The molecule has 0 aliphatic heterocycles. The predicted molar refractivity (Wildman–Crippen MR) is 58.5 cm³/mol. The number of carboxylic acids is 2. The van der Waals surface area contributed by atoms with Gasteiger partial charge in [0, 0.05) is 6.42 Å². The van der Waals surface area contributed by atoms with Crippen LogP contribution in [0.2, 0.25) is 0 Å². The van der Waals surface area contributed by atoms with Crippen LogP contribution in [0.5, 0.6) is 0 Å². The van der Waals surface area contributed by atoms with E-state index in [0.717, 1.165) is 0 Å². The van der Waals surface area contributed by atoms with Gasteiger partial charge < -0.3 is 26.6 Å². The normalized spacial score (nSPS) is 11.4. The van der Waals surface area contributed by atoms with Crippen LogP contribution in [-0.2, 0) is 19.2 Å². The Morgan fingerprint density at radius 2 is 1.61 bits per heavy atom. The van der Waals surface area contributed by atoms with Crippen molar-refractivity contribution < 1.29 is 29.4 Å². The zero-order valence-corrected chi connectivity index (χ0v) is 9.51. The maximum Gasteiger partial charge on any atom is 0.322 e. The summed E-state index contributed by atoms with van der Waals surface area (Å²) in [6.45, 7) is -0.952. The molecule has 0 spiro atoms. The first-order valence-corrected chi connectivity index (χ1v) is 5.06. The third kappa shape index (κ3) is 8.05. The Morgan fingerprint density at radius 1 is 1.00 bits per heavy atom. The van der Waals surface area contributed by atoms with Crippen LogP contribution in [0.25, 0.3) is 0 Å². The number of aliphatic carboxylic acids is 2. The van der Waals surface area contributed by atoms with E-state index in [0.29, 0.717) is 0 Å². The van der Waals surface area contributed by atoms with E-state index in [1.807, 2.05) is 5.32 Å². The van der Waals surface area contributed by atoms with Crippen molar-refractivity contribution in [3.63, 3.8) is 0 Å². The molecule has 102 valence electrons. The van der Waals surface area contributed by atoms with Crippen molar-refractivity contribution in [3.8, 4) is 0 Å². The average Bonchev–Trinajstić information content (AvgIpc) is 2.30. The maximum absolute atomic E-state index is 11.3. The SMILES string of the molecule is N[C@H](CCC(=O)O)C(=O)NCC(=O)NCC(=O)O. The molecule has 0 aromatic rings. The van der Waals surface area contributed by atoms with E-state index in [2.05, 4.69) is 5.32 Å². The Bertz CT molecular complexity index is 343. The summed E-state index contributed by atoms with van der Waals surface area (Å²) in [7, 11) is 0. The van der Waals surface area contributed by atoms with Crippen LogP contribution in [0.4, 0.5) is 0 Å². The lowest BCUT2D eigenvalue weighted by molar-refractivity contribution is -0.138. The monoisotopic (exact) mass is 261 g/mol. The Balaban J connectivity index is 3.84. The number of amides is 2. The van der Waals surface area contributed by atoms with E-state index >= 15 is 0 Å². The van der Waals surface area contributed by atoms with Crippen LogP contribution >= 0.6 is 0 Å². The largest absolute Gasteiger partial charge is 0.481 e. The standard InChI is InChI=1S/C9H15N3O6/c10-5(1-2-7(14)15)9(18)12-3-6(13)11-4-8(16)17/h5H,1-4,10H2,(H,11,13)(H,12,18)(H,14,15)(H,16,17)/t5-/m1/s1. The van der Waals surface area contributed by atoms with Crippen LogP contribution in [-0.4, -0.2) is 53.1 Å². The zero-order valence-electron chi connectivity index (χ0n) is 9.51. The summed E-state index contributed by atoms with van der Waals surface area (Å²) >= 11 is 0. The molecule has 0 radical (unpaired) electrons. The highest BCUT2D eigenvalue weighted by Crippen LogP contribution is 1.94. The maximum atomic E-state index is 11.3. The number of carbonyl (C=O) groups is 4. The highest BCUT2D eigenvalue weighted by atomic mass is 16.4. The molecule has 9 heteroatoms. The van der Waals surface area contributed by atoms with Gasteiger partial charge in [-0.1, -0.05) is 0 Å². The first kappa shape index (κ1) is 15.8. The van der Waals surface area contributed by atoms with Gasteiger partial charge >= 0.3 is 11.9 Å². The van der Waals surface area contributed by atoms with Crippen molar-refractivity contribution in [2.45, 2.75) is 18.9 Å². The second kappa shape index (κ2) is 8.01. The third-order valence-electron chi connectivity index (χ3n) is 1.87. The van der Waals surface area contributed by atoms with Gasteiger partial charge in [0.25, 0.3) is 0 Å². The van der Waals surface area contributed by atoms with E-state index in [4.69, 9.17) is 15.9 Å². The Labute approximate surface area is 102 Å². The van der Waals surface area contributed by atoms with Crippen molar-refractivity contribution in [3.05, 3.63) is 0 Å². The summed E-state index contributed by atoms with van der Waals surface area (Å²) in [5.74, 6) is -3.61. The fourth-order valence-corrected chi connectivity index (χ4v) is 0.945. The molecule has 0 saturated heterocycles. The minimum Gasteiger partial charge on any atom is -0.481 e. The highest BCUT2D eigenvalue weighted by Gasteiger charge is 2.15. The minimum atomic E-state index is -1.20. The van der Waals surface area contributed by atoms with Crippen LogP contribution in [0.15, 0.2) is 0 Å². The summed E-state index contributed by atoms with van der Waals surface area (Å²) in [6, 6.07) is -1.02. The third-order valence-corrected chi connectivity index (χ3v) is 1.87. The molecular weight excluding hydrogens is 246 g/mol. The molecule has 0 unspecified atom stereocenters. The lowest BCUT2D eigenvalue weighted by Gasteiger charge is -2.10. The van der Waals surface area contributed by atoms with Crippen molar-refractivity contribution in [2.75, 3.05) is 13.1 Å². The molecule has 6 N–H and O–H groups in total. The smallest absolute Gasteiger partial charge is 0.322 e. The molecule has 1 atom stereocenters. The molecule has 9 nitrogen and oxygen atoms in total. The number of carbonyl (C=O) groups excluding carboxylic acids is 2. The Kier molecular flexibility index (Phi) is 7.05. The number of nitrogens with one attached hydrogen (secondary N) is 2. The first-order chi connectivity index (χ1) is 8.32. The van der Waals surface area contributed by atoms with Gasteiger partial charge in [0.15, 0.2) is 0 Å². The molecule has 0 bridgehead atoms. The fourth-order valence-electron chi connectivity index (χ4n) is 0.945. The molecule has 18 heavy (non-hydrogen) atoms. The van der Waals surface area contributed by atoms with E-state index < -0.39 is 42.9 Å². The molecule has 0 aliphatic carbocycles. The molecule has 0 aromatic heterocycles. The molecule has 0 saturated carbocycles. The van der Waals surface area contributed by atoms with Gasteiger partial charge in [-0.2, -0.15) is 0 Å². The number of nitrogens with two attached hydrogens (primary N) is 1.